The summed E-state index contributed by atoms with van der Waals surface area (Å²) >= 11 is 1.13. The zero-order valence-corrected chi connectivity index (χ0v) is 19.5. The normalized spacial score (nSPS) is 12.3. The van der Waals surface area contributed by atoms with Gasteiger partial charge in [0.2, 0.25) is 5.91 Å². The molecular weight excluding hydrogens is 429 g/mol. The van der Waals surface area contributed by atoms with E-state index < -0.39 is 28.5 Å². The quantitative estimate of drug-likeness (QED) is 0.554. The number of benzene rings is 2. The van der Waals surface area contributed by atoms with Gasteiger partial charge in [0, 0.05) is 11.2 Å². The lowest BCUT2D eigenvalue weighted by molar-refractivity contribution is -0.119. The van der Waals surface area contributed by atoms with E-state index in [1.165, 1.54) is 6.07 Å². The molecule has 3 aromatic rings. The Morgan fingerprint density at radius 3 is 2.34 bits per heavy atom. The number of nitrogens with zero attached hydrogens (tertiary/aromatic N) is 3. The minimum absolute atomic E-state index is 0.300. The number of thioether (sulfide) groups is 1. The molecule has 0 aliphatic rings. The summed E-state index contributed by atoms with van der Waals surface area (Å²) in [5, 5.41) is 13.2. The Bertz CT molecular complexity index is 1120. The number of carbonyl (C=O) groups is 2. The zero-order valence-electron chi connectivity index (χ0n) is 18.6. The number of halogens is 1. The second kappa shape index (κ2) is 9.52. The highest BCUT2D eigenvalue weighted by molar-refractivity contribution is 8.00. The molecule has 1 aromatic heterocycles. The molecule has 0 fully saturated rings. The Labute approximate surface area is 190 Å². The first-order valence-corrected chi connectivity index (χ1v) is 11.0. The van der Waals surface area contributed by atoms with Crippen molar-refractivity contribution >= 4 is 23.7 Å². The molecule has 1 heterocycles. The van der Waals surface area contributed by atoms with Crippen molar-refractivity contribution in [3.8, 4) is 17.1 Å². The van der Waals surface area contributed by atoms with Crippen molar-refractivity contribution < 1.29 is 14.0 Å². The number of hydrogen-bond acceptors (Lipinski definition) is 5. The number of amides is 3. The molecule has 3 rings (SSSR count). The predicted octanol–water partition coefficient (Wildman–Crippen LogP) is 4.49. The minimum Gasteiger partial charge on any atom is -0.333 e. The van der Waals surface area contributed by atoms with Gasteiger partial charge >= 0.3 is 6.03 Å². The monoisotopic (exact) mass is 455 g/mol. The first kappa shape index (κ1) is 23.5. The lowest BCUT2D eigenvalue weighted by atomic mass is 10.1. The molecule has 0 bridgehead atoms. The van der Waals surface area contributed by atoms with Crippen molar-refractivity contribution in [1.82, 2.24) is 25.4 Å². The minimum atomic E-state index is -0.650. The highest BCUT2D eigenvalue weighted by Gasteiger charge is 2.25. The molecule has 0 aliphatic carbocycles. The van der Waals surface area contributed by atoms with Gasteiger partial charge < -0.3 is 5.32 Å². The number of imide groups is 1. The van der Waals surface area contributed by atoms with Crippen molar-refractivity contribution in [3.05, 3.63) is 59.9 Å². The van der Waals surface area contributed by atoms with Gasteiger partial charge in [-0.3, -0.25) is 14.7 Å². The van der Waals surface area contributed by atoms with Gasteiger partial charge in [0.25, 0.3) is 0 Å². The van der Waals surface area contributed by atoms with Crippen LogP contribution < -0.4 is 10.6 Å². The molecule has 32 heavy (non-hydrogen) atoms. The Morgan fingerprint density at radius 2 is 1.72 bits per heavy atom. The van der Waals surface area contributed by atoms with Crippen LogP contribution in [0.1, 0.15) is 33.3 Å². The maximum absolute atomic E-state index is 14.5. The van der Waals surface area contributed by atoms with Gasteiger partial charge in [-0.15, -0.1) is 10.2 Å². The van der Waals surface area contributed by atoms with Crippen LogP contribution in [0.4, 0.5) is 9.18 Å². The van der Waals surface area contributed by atoms with E-state index >= 15 is 0 Å². The van der Waals surface area contributed by atoms with E-state index in [2.05, 4.69) is 20.8 Å². The van der Waals surface area contributed by atoms with Crippen LogP contribution in [0.3, 0.4) is 0 Å². The van der Waals surface area contributed by atoms with E-state index in [1.54, 1.807) is 29.7 Å². The molecule has 3 amide bonds. The molecule has 1 unspecified atom stereocenters. The molecule has 7 nitrogen and oxygen atoms in total. The lowest BCUT2D eigenvalue weighted by Crippen LogP contribution is -2.49. The standard InChI is InChI=1S/C23H26FN5O2S/c1-14-10-12-16(13-11-14)29-19(17-8-6-7-9-18(17)24)27-28-22(29)32-15(2)20(30)25-21(31)26-23(3,4)5/h6-13,15H,1-5H3,(H2,25,26,30,31). The predicted molar refractivity (Wildman–Crippen MR) is 123 cm³/mol. The molecule has 2 aromatic carbocycles. The van der Waals surface area contributed by atoms with Crippen LogP contribution in [0.15, 0.2) is 53.7 Å². The summed E-state index contributed by atoms with van der Waals surface area (Å²) in [6.07, 6.45) is 0. The van der Waals surface area contributed by atoms with E-state index in [0.717, 1.165) is 23.0 Å². The fourth-order valence-corrected chi connectivity index (χ4v) is 3.75. The van der Waals surface area contributed by atoms with Crippen LogP contribution in [0, 0.1) is 12.7 Å². The lowest BCUT2D eigenvalue weighted by Gasteiger charge is -2.21. The Morgan fingerprint density at radius 1 is 1.06 bits per heavy atom. The van der Waals surface area contributed by atoms with Gasteiger partial charge in [-0.1, -0.05) is 41.6 Å². The Balaban J connectivity index is 1.91. The SMILES string of the molecule is Cc1ccc(-n2c(SC(C)C(=O)NC(=O)NC(C)(C)C)nnc2-c2ccccc2F)cc1. The third kappa shape index (κ3) is 5.73. The fourth-order valence-electron chi connectivity index (χ4n) is 2.89. The summed E-state index contributed by atoms with van der Waals surface area (Å²) in [6.45, 7) is 9.11. The number of nitrogens with one attached hydrogen (secondary N) is 2. The molecule has 1 atom stereocenters. The second-order valence-electron chi connectivity index (χ2n) is 8.41. The second-order valence-corrected chi connectivity index (χ2v) is 9.72. The molecular formula is C23H26FN5O2S. The molecule has 0 aliphatic heterocycles. The number of rotatable bonds is 5. The van der Waals surface area contributed by atoms with Crippen LogP contribution >= 0.6 is 11.8 Å². The number of urea groups is 1. The summed E-state index contributed by atoms with van der Waals surface area (Å²) in [6, 6.07) is 13.4. The smallest absolute Gasteiger partial charge is 0.321 e. The largest absolute Gasteiger partial charge is 0.333 e. The molecule has 0 radical (unpaired) electrons. The van der Waals surface area contributed by atoms with E-state index in [4.69, 9.17) is 0 Å². The van der Waals surface area contributed by atoms with Crippen molar-refractivity contribution in [3.63, 3.8) is 0 Å². The molecule has 0 saturated carbocycles. The average Bonchev–Trinajstić information content (AvgIpc) is 3.10. The van der Waals surface area contributed by atoms with Gasteiger partial charge in [0.1, 0.15) is 5.82 Å². The molecule has 0 saturated heterocycles. The molecule has 168 valence electrons. The number of aromatic nitrogens is 3. The van der Waals surface area contributed by atoms with Crippen LogP contribution in [0.2, 0.25) is 0 Å². The maximum Gasteiger partial charge on any atom is 0.321 e. The van der Waals surface area contributed by atoms with Crippen LogP contribution in [0.5, 0.6) is 0 Å². The number of aryl methyl sites for hydroxylation is 1. The van der Waals surface area contributed by atoms with E-state index in [1.807, 2.05) is 52.0 Å². The topological polar surface area (TPSA) is 88.9 Å². The Kier molecular flexibility index (Phi) is 6.98. The van der Waals surface area contributed by atoms with Crippen LogP contribution in [-0.2, 0) is 4.79 Å². The summed E-state index contributed by atoms with van der Waals surface area (Å²) in [5.74, 6) is -0.565. The number of hydrogen-bond donors (Lipinski definition) is 2. The first-order chi connectivity index (χ1) is 15.0. The third-order valence-corrected chi connectivity index (χ3v) is 5.46. The summed E-state index contributed by atoms with van der Waals surface area (Å²) < 4.78 is 16.2. The fraction of sp³-hybridized carbons (Fsp3) is 0.304. The van der Waals surface area contributed by atoms with Crippen LogP contribution in [-0.4, -0.2) is 37.5 Å². The van der Waals surface area contributed by atoms with E-state index in [9.17, 15) is 14.0 Å². The summed E-state index contributed by atoms with van der Waals surface area (Å²) in [7, 11) is 0. The Hall–Kier alpha value is -3.20. The third-order valence-electron chi connectivity index (χ3n) is 4.42. The number of carbonyl (C=O) groups excluding carboxylic acids is 2. The molecule has 0 spiro atoms. The van der Waals surface area contributed by atoms with E-state index in [0.29, 0.717) is 16.5 Å². The first-order valence-electron chi connectivity index (χ1n) is 10.1. The van der Waals surface area contributed by atoms with E-state index in [-0.39, 0.29) is 0 Å². The van der Waals surface area contributed by atoms with Crippen molar-refractivity contribution in [2.45, 2.75) is 50.6 Å². The molecule has 9 heteroatoms. The van der Waals surface area contributed by atoms with Crippen LogP contribution in [0.25, 0.3) is 17.1 Å². The summed E-state index contributed by atoms with van der Waals surface area (Å²) in [4.78, 5) is 24.6. The van der Waals surface area contributed by atoms with Gasteiger partial charge in [0.05, 0.1) is 10.8 Å². The van der Waals surface area contributed by atoms with Gasteiger partial charge in [-0.2, -0.15) is 0 Å². The zero-order chi connectivity index (χ0) is 23.5. The maximum atomic E-state index is 14.5. The van der Waals surface area contributed by atoms with Gasteiger partial charge in [0.15, 0.2) is 11.0 Å². The highest BCUT2D eigenvalue weighted by atomic mass is 32.2. The van der Waals surface area contributed by atoms with Crippen molar-refractivity contribution in [1.29, 1.82) is 0 Å². The summed E-state index contributed by atoms with van der Waals surface area (Å²) in [5.41, 5.74) is 1.63. The molecule has 2 N–H and O–H groups in total. The van der Waals surface area contributed by atoms with Crippen molar-refractivity contribution in [2.75, 3.05) is 0 Å². The van der Waals surface area contributed by atoms with Gasteiger partial charge in [-0.05, 0) is 58.9 Å². The van der Waals surface area contributed by atoms with Gasteiger partial charge in [-0.25, -0.2) is 9.18 Å². The van der Waals surface area contributed by atoms with Crippen molar-refractivity contribution in [2.24, 2.45) is 0 Å². The average molecular weight is 456 g/mol. The highest BCUT2D eigenvalue weighted by Crippen LogP contribution is 2.31.